The lowest BCUT2D eigenvalue weighted by Crippen LogP contribution is -2.61. The second-order valence-electron chi connectivity index (χ2n) is 4.04. The van der Waals surface area contributed by atoms with Crippen molar-refractivity contribution in [3.05, 3.63) is 12.7 Å². The fraction of sp³-hybridized carbons (Fsp3) is 0.700. The Labute approximate surface area is 117 Å². The van der Waals surface area contributed by atoms with Gasteiger partial charge >= 0.3 is 29.9 Å². The van der Waals surface area contributed by atoms with E-state index in [-0.39, 0.29) is 0 Å². The average molecular weight is 348 g/mol. The van der Waals surface area contributed by atoms with Gasteiger partial charge in [0, 0.05) is 12.5 Å². The standard InChI is InChI=1S/C10H9F9O3/c1-2-6(21)22-4-5(20)3-7(11,12)8(13,14)9(15,16)10(17,18)19/h2,5,20H,1,3-4H2/t5-/m0/s1. The molecule has 0 saturated carbocycles. The van der Waals surface area contributed by atoms with Gasteiger partial charge in [-0.15, -0.1) is 0 Å². The van der Waals surface area contributed by atoms with Gasteiger partial charge in [0.25, 0.3) is 0 Å². The molecular formula is C10H9F9O3. The van der Waals surface area contributed by atoms with E-state index in [2.05, 4.69) is 11.3 Å². The van der Waals surface area contributed by atoms with Gasteiger partial charge in [0.05, 0.1) is 6.10 Å². The molecule has 130 valence electrons. The van der Waals surface area contributed by atoms with Crippen molar-refractivity contribution in [2.45, 2.75) is 36.5 Å². The number of hydrogen-bond acceptors (Lipinski definition) is 3. The number of rotatable bonds is 7. The number of esters is 1. The second kappa shape index (κ2) is 6.34. The largest absolute Gasteiger partial charge is 0.460 e. The average Bonchev–Trinajstić information content (AvgIpc) is 2.33. The molecule has 1 atom stereocenters. The highest BCUT2D eigenvalue weighted by Crippen LogP contribution is 2.54. The first-order valence-corrected chi connectivity index (χ1v) is 5.27. The quantitative estimate of drug-likeness (QED) is 0.437. The summed E-state index contributed by atoms with van der Waals surface area (Å²) >= 11 is 0. The van der Waals surface area contributed by atoms with Crippen LogP contribution in [0.25, 0.3) is 0 Å². The van der Waals surface area contributed by atoms with E-state index in [0.717, 1.165) is 0 Å². The van der Waals surface area contributed by atoms with Crippen LogP contribution in [0.1, 0.15) is 6.42 Å². The molecule has 0 aromatic carbocycles. The number of aliphatic hydroxyl groups is 1. The topological polar surface area (TPSA) is 46.5 Å². The first-order valence-electron chi connectivity index (χ1n) is 5.27. The molecule has 0 spiro atoms. The van der Waals surface area contributed by atoms with Crippen LogP contribution in [0.15, 0.2) is 12.7 Å². The minimum atomic E-state index is -7.03. The lowest BCUT2D eigenvalue weighted by molar-refractivity contribution is -0.398. The number of hydrogen-bond donors (Lipinski definition) is 1. The van der Waals surface area contributed by atoms with Crippen molar-refractivity contribution in [3.63, 3.8) is 0 Å². The molecule has 0 aromatic heterocycles. The van der Waals surface area contributed by atoms with Crippen molar-refractivity contribution in [2.75, 3.05) is 6.61 Å². The fourth-order valence-corrected chi connectivity index (χ4v) is 1.13. The van der Waals surface area contributed by atoms with Gasteiger partial charge < -0.3 is 9.84 Å². The first kappa shape index (κ1) is 20.5. The lowest BCUT2D eigenvalue weighted by atomic mass is 9.98. The highest BCUT2D eigenvalue weighted by Gasteiger charge is 2.81. The third-order valence-electron chi connectivity index (χ3n) is 2.29. The molecule has 0 unspecified atom stereocenters. The summed E-state index contributed by atoms with van der Waals surface area (Å²) in [4.78, 5) is 10.5. The molecule has 0 aliphatic heterocycles. The number of halogens is 9. The van der Waals surface area contributed by atoms with E-state index in [4.69, 9.17) is 5.11 Å². The third kappa shape index (κ3) is 4.05. The number of carbonyl (C=O) groups is 1. The normalized spacial score (nSPS) is 15.4. The van der Waals surface area contributed by atoms with E-state index in [9.17, 15) is 44.3 Å². The predicted octanol–water partition coefficient (Wildman–Crippen LogP) is 2.93. The van der Waals surface area contributed by atoms with Crippen LogP contribution in [-0.2, 0) is 9.53 Å². The molecule has 0 fully saturated rings. The highest BCUT2D eigenvalue weighted by molar-refractivity contribution is 5.81. The Balaban J connectivity index is 5.13. The van der Waals surface area contributed by atoms with E-state index in [1.807, 2.05) is 0 Å². The molecule has 0 aromatic rings. The summed E-state index contributed by atoms with van der Waals surface area (Å²) in [5, 5.41) is 8.91. The van der Waals surface area contributed by atoms with Crippen LogP contribution in [0.3, 0.4) is 0 Å². The molecular weight excluding hydrogens is 339 g/mol. The summed E-state index contributed by atoms with van der Waals surface area (Å²) in [6, 6.07) is 0. The SMILES string of the molecule is C=CC(=O)OC[C@@H](O)CC(F)(F)C(F)(F)C(F)(F)C(F)(F)F. The Morgan fingerprint density at radius 1 is 1.05 bits per heavy atom. The Hall–Kier alpha value is -1.46. The van der Waals surface area contributed by atoms with E-state index in [1.54, 1.807) is 0 Å². The van der Waals surface area contributed by atoms with Crippen molar-refractivity contribution in [1.29, 1.82) is 0 Å². The molecule has 0 rings (SSSR count). The van der Waals surface area contributed by atoms with Crippen LogP contribution in [-0.4, -0.2) is 47.7 Å². The van der Waals surface area contributed by atoms with Crippen molar-refractivity contribution in [3.8, 4) is 0 Å². The van der Waals surface area contributed by atoms with Gasteiger partial charge in [-0.05, 0) is 0 Å². The Morgan fingerprint density at radius 2 is 1.50 bits per heavy atom. The summed E-state index contributed by atoms with van der Waals surface area (Å²) < 4.78 is 116. The zero-order valence-electron chi connectivity index (χ0n) is 10.4. The van der Waals surface area contributed by atoms with Gasteiger partial charge in [0.1, 0.15) is 6.61 Å². The molecule has 0 heterocycles. The van der Waals surface area contributed by atoms with Crippen LogP contribution in [0.5, 0.6) is 0 Å². The maximum Gasteiger partial charge on any atom is 0.460 e. The van der Waals surface area contributed by atoms with E-state index < -0.39 is 49.0 Å². The summed E-state index contributed by atoms with van der Waals surface area (Å²) in [7, 11) is 0. The molecule has 0 saturated heterocycles. The van der Waals surface area contributed by atoms with Crippen molar-refractivity contribution in [2.24, 2.45) is 0 Å². The molecule has 0 amide bonds. The van der Waals surface area contributed by atoms with Gasteiger partial charge in [-0.1, -0.05) is 6.58 Å². The number of ether oxygens (including phenoxy) is 1. The van der Waals surface area contributed by atoms with Gasteiger partial charge in [-0.3, -0.25) is 0 Å². The second-order valence-corrected chi connectivity index (χ2v) is 4.04. The predicted molar refractivity (Wildman–Crippen MR) is 52.7 cm³/mol. The van der Waals surface area contributed by atoms with Gasteiger partial charge in [-0.2, -0.15) is 39.5 Å². The molecule has 22 heavy (non-hydrogen) atoms. The maximum atomic E-state index is 13.0. The summed E-state index contributed by atoms with van der Waals surface area (Å²) in [5.41, 5.74) is 0. The third-order valence-corrected chi connectivity index (χ3v) is 2.29. The molecule has 0 bridgehead atoms. The van der Waals surface area contributed by atoms with E-state index in [0.29, 0.717) is 6.08 Å². The number of carbonyl (C=O) groups excluding carboxylic acids is 1. The zero-order chi connectivity index (χ0) is 18.0. The summed E-state index contributed by atoms with van der Waals surface area (Å²) in [5.74, 6) is -21.0. The summed E-state index contributed by atoms with van der Waals surface area (Å²) in [6.07, 6.45) is -11.5. The van der Waals surface area contributed by atoms with E-state index in [1.165, 1.54) is 0 Å². The Bertz CT molecular complexity index is 416. The minimum absolute atomic E-state index is 0.511. The highest BCUT2D eigenvalue weighted by atomic mass is 19.4. The molecule has 1 N–H and O–H groups in total. The summed E-state index contributed by atoms with van der Waals surface area (Å²) in [6.45, 7) is 1.54. The lowest BCUT2D eigenvalue weighted by Gasteiger charge is -2.34. The molecule has 0 aliphatic rings. The Kier molecular flexibility index (Phi) is 5.92. The van der Waals surface area contributed by atoms with Crippen LogP contribution in [0.2, 0.25) is 0 Å². The van der Waals surface area contributed by atoms with Gasteiger partial charge in [0.2, 0.25) is 0 Å². The van der Waals surface area contributed by atoms with Crippen molar-refractivity contribution < 1.29 is 54.2 Å². The maximum absolute atomic E-state index is 13.0. The smallest absolute Gasteiger partial charge is 0.460 e. The Morgan fingerprint density at radius 3 is 1.86 bits per heavy atom. The fourth-order valence-electron chi connectivity index (χ4n) is 1.13. The van der Waals surface area contributed by atoms with Crippen molar-refractivity contribution >= 4 is 5.97 Å². The van der Waals surface area contributed by atoms with Crippen LogP contribution < -0.4 is 0 Å². The van der Waals surface area contributed by atoms with Gasteiger partial charge in [-0.25, -0.2) is 4.79 Å². The molecule has 12 heteroatoms. The first-order chi connectivity index (χ1) is 9.60. The van der Waals surface area contributed by atoms with Crippen LogP contribution >= 0.6 is 0 Å². The molecule has 0 aliphatic carbocycles. The molecule has 0 radical (unpaired) electrons. The number of aliphatic hydroxyl groups excluding tert-OH is 1. The van der Waals surface area contributed by atoms with E-state index >= 15 is 0 Å². The molecule has 3 nitrogen and oxygen atoms in total. The van der Waals surface area contributed by atoms with Gasteiger partial charge in [0.15, 0.2) is 0 Å². The monoisotopic (exact) mass is 348 g/mol. The number of alkyl halides is 9. The minimum Gasteiger partial charge on any atom is -0.460 e. The zero-order valence-corrected chi connectivity index (χ0v) is 10.4. The van der Waals surface area contributed by atoms with Crippen molar-refractivity contribution in [1.82, 2.24) is 0 Å². The van der Waals surface area contributed by atoms with Crippen LogP contribution in [0, 0.1) is 0 Å². The van der Waals surface area contributed by atoms with Crippen LogP contribution in [0.4, 0.5) is 39.5 Å².